The molecule has 19 heavy (non-hydrogen) atoms. The molecule has 0 unspecified atom stereocenters. The normalized spacial score (nSPS) is 21.8. The van der Waals surface area contributed by atoms with Gasteiger partial charge in [0.1, 0.15) is 0 Å². The van der Waals surface area contributed by atoms with E-state index in [0.29, 0.717) is 30.5 Å². The number of rotatable bonds is 3. The molecule has 1 fully saturated rings. The lowest BCUT2D eigenvalue weighted by molar-refractivity contribution is -0.0263. The Morgan fingerprint density at radius 2 is 1.89 bits per heavy atom. The van der Waals surface area contributed by atoms with Crippen LogP contribution in [0.5, 0.6) is 0 Å². The van der Waals surface area contributed by atoms with Crippen LogP contribution in [-0.4, -0.2) is 38.5 Å². The fourth-order valence-corrected chi connectivity index (χ4v) is 3.57. The Kier molecular flexibility index (Phi) is 4.28. The summed E-state index contributed by atoms with van der Waals surface area (Å²) in [5, 5.41) is 0. The molecule has 1 atom stereocenters. The van der Waals surface area contributed by atoms with E-state index in [1.807, 2.05) is 32.9 Å². The van der Waals surface area contributed by atoms with E-state index in [-0.39, 0.29) is 6.10 Å². The lowest BCUT2D eigenvalue weighted by atomic mass is 10.1. The molecule has 2 rings (SSSR count). The van der Waals surface area contributed by atoms with Crippen molar-refractivity contribution < 1.29 is 13.2 Å². The number of sulfonamides is 1. The zero-order valence-electron chi connectivity index (χ0n) is 11.7. The zero-order chi connectivity index (χ0) is 14.0. The van der Waals surface area contributed by atoms with Crippen molar-refractivity contribution in [2.45, 2.75) is 31.8 Å². The zero-order valence-corrected chi connectivity index (χ0v) is 12.5. The van der Waals surface area contributed by atoms with Crippen molar-refractivity contribution in [2.24, 2.45) is 5.92 Å². The smallest absolute Gasteiger partial charge is 0.243 e. The van der Waals surface area contributed by atoms with Crippen LogP contribution in [0.15, 0.2) is 29.2 Å². The van der Waals surface area contributed by atoms with E-state index in [9.17, 15) is 8.42 Å². The molecule has 0 bridgehead atoms. The van der Waals surface area contributed by atoms with Crippen LogP contribution in [0.4, 0.5) is 0 Å². The van der Waals surface area contributed by atoms with E-state index in [2.05, 4.69) is 0 Å². The van der Waals surface area contributed by atoms with Crippen LogP contribution in [0, 0.1) is 12.8 Å². The molecule has 1 aromatic rings. The Morgan fingerprint density at radius 3 is 2.47 bits per heavy atom. The van der Waals surface area contributed by atoms with Crippen LogP contribution in [0.1, 0.15) is 19.4 Å². The SMILES string of the molecule is Cc1ccc(S(=O)(=O)N2CCO[C@H](C(C)C)C2)cc1. The molecule has 1 aromatic carbocycles. The van der Waals surface area contributed by atoms with Gasteiger partial charge in [-0.3, -0.25) is 0 Å². The molecule has 0 aliphatic carbocycles. The first-order valence-electron chi connectivity index (χ1n) is 6.59. The summed E-state index contributed by atoms with van der Waals surface area (Å²) in [6.07, 6.45) is -0.0195. The summed E-state index contributed by atoms with van der Waals surface area (Å²) < 4.78 is 32.2. The van der Waals surface area contributed by atoms with Gasteiger partial charge in [-0.2, -0.15) is 4.31 Å². The second-order valence-corrected chi connectivity index (χ2v) is 7.27. The first-order valence-corrected chi connectivity index (χ1v) is 8.03. The van der Waals surface area contributed by atoms with Gasteiger partial charge in [0, 0.05) is 13.1 Å². The third-order valence-electron chi connectivity index (χ3n) is 3.46. The molecular formula is C14H21NO3S. The van der Waals surface area contributed by atoms with Crippen LogP contribution in [0.3, 0.4) is 0 Å². The van der Waals surface area contributed by atoms with E-state index in [0.717, 1.165) is 5.56 Å². The Hall–Kier alpha value is -0.910. The second kappa shape index (κ2) is 5.61. The molecule has 1 heterocycles. The van der Waals surface area contributed by atoms with Gasteiger partial charge in [-0.05, 0) is 25.0 Å². The van der Waals surface area contributed by atoms with Gasteiger partial charge < -0.3 is 4.74 Å². The maximum atomic E-state index is 12.5. The van der Waals surface area contributed by atoms with Crippen LogP contribution in [0.2, 0.25) is 0 Å². The molecule has 1 aliphatic heterocycles. The summed E-state index contributed by atoms with van der Waals surface area (Å²) in [6, 6.07) is 7.00. The Balaban J connectivity index is 2.22. The fourth-order valence-electron chi connectivity index (χ4n) is 2.13. The van der Waals surface area contributed by atoms with Crippen LogP contribution >= 0.6 is 0 Å². The predicted molar refractivity (Wildman–Crippen MR) is 74.5 cm³/mol. The average molecular weight is 283 g/mol. The maximum Gasteiger partial charge on any atom is 0.243 e. The van der Waals surface area contributed by atoms with Gasteiger partial charge in [-0.15, -0.1) is 0 Å². The average Bonchev–Trinajstić information content (AvgIpc) is 2.39. The molecule has 4 nitrogen and oxygen atoms in total. The number of nitrogens with zero attached hydrogens (tertiary/aromatic N) is 1. The van der Waals surface area contributed by atoms with Gasteiger partial charge in [0.2, 0.25) is 10.0 Å². The highest BCUT2D eigenvalue weighted by Crippen LogP contribution is 2.21. The lowest BCUT2D eigenvalue weighted by Gasteiger charge is -2.34. The third-order valence-corrected chi connectivity index (χ3v) is 5.34. The van der Waals surface area contributed by atoms with E-state index < -0.39 is 10.0 Å². The summed E-state index contributed by atoms with van der Waals surface area (Å²) in [5.74, 6) is 0.316. The number of morpholine rings is 1. The topological polar surface area (TPSA) is 46.6 Å². The van der Waals surface area contributed by atoms with E-state index in [1.165, 1.54) is 4.31 Å². The van der Waals surface area contributed by atoms with Crippen molar-refractivity contribution in [3.63, 3.8) is 0 Å². The first-order chi connectivity index (χ1) is 8.91. The van der Waals surface area contributed by atoms with Gasteiger partial charge in [0.05, 0.1) is 17.6 Å². The van der Waals surface area contributed by atoms with Gasteiger partial charge in [0.25, 0.3) is 0 Å². The monoisotopic (exact) mass is 283 g/mol. The van der Waals surface area contributed by atoms with Crippen LogP contribution in [0.25, 0.3) is 0 Å². The quantitative estimate of drug-likeness (QED) is 0.853. The third kappa shape index (κ3) is 3.16. The number of aryl methyl sites for hydroxylation is 1. The van der Waals surface area contributed by atoms with Gasteiger partial charge >= 0.3 is 0 Å². The fraction of sp³-hybridized carbons (Fsp3) is 0.571. The molecule has 106 valence electrons. The molecule has 0 radical (unpaired) electrons. The van der Waals surface area contributed by atoms with Crippen molar-refractivity contribution in [3.05, 3.63) is 29.8 Å². The summed E-state index contributed by atoms with van der Waals surface area (Å²) in [4.78, 5) is 0.363. The molecule has 1 aliphatic rings. The van der Waals surface area contributed by atoms with Crippen molar-refractivity contribution in [3.8, 4) is 0 Å². The molecule has 0 amide bonds. The van der Waals surface area contributed by atoms with Gasteiger partial charge in [-0.1, -0.05) is 31.5 Å². The summed E-state index contributed by atoms with van der Waals surface area (Å²) in [5.41, 5.74) is 1.06. The summed E-state index contributed by atoms with van der Waals surface area (Å²) in [7, 11) is -3.39. The molecule has 0 aromatic heterocycles. The standard InChI is InChI=1S/C14H21NO3S/c1-11(2)14-10-15(8-9-18-14)19(16,17)13-6-4-12(3)5-7-13/h4-7,11,14H,8-10H2,1-3H3/t14-/m0/s1. The van der Waals surface area contributed by atoms with Crippen LogP contribution < -0.4 is 0 Å². The molecule has 1 saturated heterocycles. The largest absolute Gasteiger partial charge is 0.375 e. The highest BCUT2D eigenvalue weighted by atomic mass is 32.2. The number of hydrogen-bond donors (Lipinski definition) is 0. The minimum atomic E-state index is -3.39. The van der Waals surface area contributed by atoms with E-state index in [1.54, 1.807) is 12.1 Å². The lowest BCUT2D eigenvalue weighted by Crippen LogP contribution is -2.47. The first kappa shape index (κ1) is 14.5. The van der Waals surface area contributed by atoms with Gasteiger partial charge in [-0.25, -0.2) is 8.42 Å². The maximum absolute atomic E-state index is 12.5. The number of benzene rings is 1. The Bertz CT molecular complexity index is 522. The molecule has 0 N–H and O–H groups in total. The molecule has 5 heteroatoms. The van der Waals surface area contributed by atoms with Crippen molar-refractivity contribution >= 4 is 10.0 Å². The van der Waals surface area contributed by atoms with E-state index >= 15 is 0 Å². The molecule has 0 saturated carbocycles. The van der Waals surface area contributed by atoms with Crippen molar-refractivity contribution in [1.29, 1.82) is 0 Å². The highest BCUT2D eigenvalue weighted by molar-refractivity contribution is 7.89. The predicted octanol–water partition coefficient (Wildman–Crippen LogP) is 2.04. The highest BCUT2D eigenvalue weighted by Gasteiger charge is 2.31. The Morgan fingerprint density at radius 1 is 1.26 bits per heavy atom. The minimum absolute atomic E-state index is 0.0195. The molecule has 0 spiro atoms. The Labute approximate surface area is 115 Å². The van der Waals surface area contributed by atoms with E-state index in [4.69, 9.17) is 4.74 Å². The minimum Gasteiger partial charge on any atom is -0.375 e. The van der Waals surface area contributed by atoms with Crippen molar-refractivity contribution in [2.75, 3.05) is 19.7 Å². The second-order valence-electron chi connectivity index (χ2n) is 5.33. The summed E-state index contributed by atoms with van der Waals surface area (Å²) >= 11 is 0. The summed E-state index contributed by atoms with van der Waals surface area (Å²) in [6.45, 7) is 7.38. The number of hydrogen-bond acceptors (Lipinski definition) is 3. The van der Waals surface area contributed by atoms with Crippen LogP contribution in [-0.2, 0) is 14.8 Å². The van der Waals surface area contributed by atoms with Crippen molar-refractivity contribution in [1.82, 2.24) is 4.31 Å². The van der Waals surface area contributed by atoms with Gasteiger partial charge in [0.15, 0.2) is 0 Å². The number of ether oxygens (including phenoxy) is 1. The molecular weight excluding hydrogens is 262 g/mol.